The Hall–Kier alpha value is -1.97. The lowest BCUT2D eigenvalue weighted by Gasteiger charge is -2.03. The summed E-state index contributed by atoms with van der Waals surface area (Å²) in [5, 5.41) is 0. The van der Waals surface area contributed by atoms with Crippen LogP contribution in [0.1, 0.15) is 16.2 Å². The lowest BCUT2D eigenvalue weighted by molar-refractivity contribution is 0.0593. The van der Waals surface area contributed by atoms with Crippen molar-refractivity contribution in [3.8, 4) is 0 Å². The van der Waals surface area contributed by atoms with Crippen LogP contribution >= 0.6 is 0 Å². The van der Waals surface area contributed by atoms with Gasteiger partial charge in [-0.15, -0.1) is 0 Å². The zero-order valence-electron chi connectivity index (χ0n) is 8.52. The molecule has 0 saturated carbocycles. The lowest BCUT2D eigenvalue weighted by Crippen LogP contribution is -2.08. The maximum absolute atomic E-state index is 11.4. The van der Waals surface area contributed by atoms with E-state index in [1.54, 1.807) is 6.92 Å². The van der Waals surface area contributed by atoms with Crippen molar-refractivity contribution in [2.24, 2.45) is 0 Å². The summed E-state index contributed by atoms with van der Waals surface area (Å²) in [6.07, 6.45) is 0. The molecule has 0 unspecified atom stereocenters. The Balaban J connectivity index is 2.67. The Morgan fingerprint density at radius 3 is 2.40 bits per heavy atom. The second-order valence-corrected chi connectivity index (χ2v) is 3.14. The summed E-state index contributed by atoms with van der Waals surface area (Å²) in [6, 6.07) is 7.41. The number of nitrogens with zero attached hydrogens (tertiary/aromatic N) is 2. The van der Waals surface area contributed by atoms with Gasteiger partial charge in [-0.25, -0.2) is 14.8 Å². The Bertz CT molecular complexity index is 523. The molecule has 0 aliphatic rings. The predicted molar refractivity (Wildman–Crippen MR) is 55.6 cm³/mol. The van der Waals surface area contributed by atoms with Crippen molar-refractivity contribution in [3.63, 3.8) is 0 Å². The van der Waals surface area contributed by atoms with Crippen LogP contribution in [0, 0.1) is 6.92 Å². The molecule has 0 N–H and O–H groups in total. The SMILES string of the molecule is COC(=O)c1nc2ccccc2nc1C. The Morgan fingerprint density at radius 1 is 1.20 bits per heavy atom. The first kappa shape index (κ1) is 9.58. The van der Waals surface area contributed by atoms with Gasteiger partial charge >= 0.3 is 5.97 Å². The highest BCUT2D eigenvalue weighted by atomic mass is 16.5. The number of ether oxygens (including phenoxy) is 1. The molecule has 0 atom stereocenters. The van der Waals surface area contributed by atoms with Gasteiger partial charge in [0.1, 0.15) is 0 Å². The smallest absolute Gasteiger partial charge is 0.358 e. The standard InChI is InChI=1S/C11H10N2O2/c1-7-10(11(14)15-2)13-9-6-4-3-5-8(9)12-7/h3-6H,1-2H3. The van der Waals surface area contributed by atoms with Gasteiger partial charge in [-0.1, -0.05) is 12.1 Å². The number of fused-ring (bicyclic) bond motifs is 1. The van der Waals surface area contributed by atoms with Crippen LogP contribution in [0.25, 0.3) is 11.0 Å². The number of hydrogen-bond acceptors (Lipinski definition) is 4. The zero-order chi connectivity index (χ0) is 10.8. The molecule has 76 valence electrons. The first-order valence-electron chi connectivity index (χ1n) is 4.54. The van der Waals surface area contributed by atoms with E-state index in [1.807, 2.05) is 24.3 Å². The van der Waals surface area contributed by atoms with E-state index in [9.17, 15) is 4.79 Å². The molecule has 1 aromatic heterocycles. The van der Waals surface area contributed by atoms with Gasteiger partial charge in [-0.3, -0.25) is 0 Å². The molecule has 0 bridgehead atoms. The van der Waals surface area contributed by atoms with Gasteiger partial charge in [0, 0.05) is 0 Å². The molecule has 0 spiro atoms. The molecule has 4 heteroatoms. The molecule has 15 heavy (non-hydrogen) atoms. The average molecular weight is 202 g/mol. The van der Waals surface area contributed by atoms with Crippen LogP contribution in [-0.4, -0.2) is 23.0 Å². The van der Waals surface area contributed by atoms with Gasteiger partial charge in [-0.2, -0.15) is 0 Å². The second-order valence-electron chi connectivity index (χ2n) is 3.14. The largest absolute Gasteiger partial charge is 0.464 e. The van der Waals surface area contributed by atoms with E-state index >= 15 is 0 Å². The summed E-state index contributed by atoms with van der Waals surface area (Å²) in [6.45, 7) is 1.74. The Morgan fingerprint density at radius 2 is 1.80 bits per heavy atom. The monoisotopic (exact) mass is 202 g/mol. The van der Waals surface area contributed by atoms with Crippen molar-refractivity contribution in [2.45, 2.75) is 6.92 Å². The molecule has 0 aliphatic heterocycles. The third-order valence-electron chi connectivity index (χ3n) is 2.12. The van der Waals surface area contributed by atoms with Crippen molar-refractivity contribution in [3.05, 3.63) is 35.7 Å². The van der Waals surface area contributed by atoms with Crippen molar-refractivity contribution < 1.29 is 9.53 Å². The summed E-state index contributed by atoms with van der Waals surface area (Å²) in [5.74, 6) is -0.453. The van der Waals surface area contributed by atoms with E-state index < -0.39 is 5.97 Å². The number of benzene rings is 1. The topological polar surface area (TPSA) is 52.1 Å². The summed E-state index contributed by atoms with van der Waals surface area (Å²) < 4.78 is 4.62. The molecule has 1 aromatic carbocycles. The van der Waals surface area contributed by atoms with Gasteiger partial charge in [0.15, 0.2) is 5.69 Å². The summed E-state index contributed by atoms with van der Waals surface area (Å²) in [7, 11) is 1.33. The van der Waals surface area contributed by atoms with Gasteiger partial charge in [0.25, 0.3) is 0 Å². The Labute approximate surface area is 86.9 Å². The van der Waals surface area contributed by atoms with Crippen molar-refractivity contribution >= 4 is 17.0 Å². The van der Waals surface area contributed by atoms with Crippen LogP contribution in [0.4, 0.5) is 0 Å². The number of hydrogen-bond donors (Lipinski definition) is 0. The minimum absolute atomic E-state index is 0.274. The van der Waals surface area contributed by atoms with Gasteiger partial charge in [0.05, 0.1) is 23.8 Å². The number of rotatable bonds is 1. The van der Waals surface area contributed by atoms with E-state index in [4.69, 9.17) is 0 Å². The molecule has 0 amide bonds. The molecule has 0 saturated heterocycles. The normalized spacial score (nSPS) is 10.3. The van der Waals surface area contributed by atoms with Gasteiger partial charge < -0.3 is 4.74 Å². The number of carbonyl (C=O) groups excluding carboxylic acids is 1. The van der Waals surface area contributed by atoms with E-state index in [0.29, 0.717) is 11.2 Å². The zero-order valence-corrected chi connectivity index (χ0v) is 8.52. The van der Waals surface area contributed by atoms with E-state index in [-0.39, 0.29) is 5.69 Å². The number of aromatic nitrogens is 2. The highest BCUT2D eigenvalue weighted by Crippen LogP contribution is 2.12. The van der Waals surface area contributed by atoms with Crippen LogP contribution in [0.3, 0.4) is 0 Å². The minimum atomic E-state index is -0.453. The first-order chi connectivity index (χ1) is 7.22. The highest BCUT2D eigenvalue weighted by molar-refractivity contribution is 5.90. The molecule has 0 fully saturated rings. The predicted octanol–water partition coefficient (Wildman–Crippen LogP) is 1.72. The maximum Gasteiger partial charge on any atom is 0.358 e. The average Bonchev–Trinajstić information content (AvgIpc) is 2.27. The van der Waals surface area contributed by atoms with E-state index in [0.717, 1.165) is 5.52 Å². The quantitative estimate of drug-likeness (QED) is 0.661. The van der Waals surface area contributed by atoms with Gasteiger partial charge in [0.2, 0.25) is 0 Å². The number of esters is 1. The van der Waals surface area contributed by atoms with Crippen molar-refractivity contribution in [1.29, 1.82) is 0 Å². The number of aryl methyl sites for hydroxylation is 1. The maximum atomic E-state index is 11.4. The third kappa shape index (κ3) is 1.66. The summed E-state index contributed by atoms with van der Waals surface area (Å²) in [5.41, 5.74) is 2.34. The van der Waals surface area contributed by atoms with Crippen molar-refractivity contribution in [1.82, 2.24) is 9.97 Å². The molecule has 1 heterocycles. The first-order valence-corrected chi connectivity index (χ1v) is 4.54. The fourth-order valence-electron chi connectivity index (χ4n) is 1.38. The number of para-hydroxylation sites is 2. The molecule has 2 rings (SSSR count). The Kier molecular flexibility index (Phi) is 2.33. The lowest BCUT2D eigenvalue weighted by atomic mass is 10.2. The van der Waals surface area contributed by atoms with Crippen LogP contribution in [0.5, 0.6) is 0 Å². The van der Waals surface area contributed by atoms with E-state index in [1.165, 1.54) is 7.11 Å². The summed E-state index contributed by atoms with van der Waals surface area (Å²) in [4.78, 5) is 19.8. The second kappa shape index (κ2) is 3.65. The number of methoxy groups -OCH3 is 1. The fourth-order valence-corrected chi connectivity index (χ4v) is 1.38. The van der Waals surface area contributed by atoms with Gasteiger partial charge in [-0.05, 0) is 19.1 Å². The van der Waals surface area contributed by atoms with Crippen molar-refractivity contribution in [2.75, 3.05) is 7.11 Å². The van der Waals surface area contributed by atoms with E-state index in [2.05, 4.69) is 14.7 Å². The van der Waals surface area contributed by atoms with Crippen LogP contribution < -0.4 is 0 Å². The fraction of sp³-hybridized carbons (Fsp3) is 0.182. The third-order valence-corrected chi connectivity index (χ3v) is 2.12. The molecule has 4 nitrogen and oxygen atoms in total. The minimum Gasteiger partial charge on any atom is -0.464 e. The molecule has 0 aliphatic carbocycles. The number of carbonyl (C=O) groups is 1. The highest BCUT2D eigenvalue weighted by Gasteiger charge is 2.13. The van der Waals surface area contributed by atoms with Crippen LogP contribution in [0.2, 0.25) is 0 Å². The molecule has 0 radical (unpaired) electrons. The molecule has 2 aromatic rings. The van der Waals surface area contributed by atoms with Crippen LogP contribution in [-0.2, 0) is 4.74 Å². The summed E-state index contributed by atoms with van der Waals surface area (Å²) >= 11 is 0. The molecular formula is C11H10N2O2. The van der Waals surface area contributed by atoms with Crippen LogP contribution in [0.15, 0.2) is 24.3 Å². The molecular weight excluding hydrogens is 192 g/mol.